The van der Waals surface area contributed by atoms with Crippen molar-refractivity contribution in [3.05, 3.63) is 59.7 Å². The topological polar surface area (TPSA) is 64.7 Å². The van der Waals surface area contributed by atoms with Gasteiger partial charge in [-0.1, -0.05) is 56.2 Å². The molecule has 0 unspecified atom stereocenters. The molecule has 0 saturated carbocycles. The molecule has 0 spiro atoms. The Kier molecular flexibility index (Phi) is 9.35. The second-order valence-corrected chi connectivity index (χ2v) is 5.92. The van der Waals surface area contributed by atoms with Crippen LogP contribution in [0.1, 0.15) is 43.4 Å². The van der Waals surface area contributed by atoms with Gasteiger partial charge in [-0.2, -0.15) is 0 Å². The highest BCUT2D eigenvalue weighted by molar-refractivity contribution is 5.85. The number of rotatable bonds is 9. The van der Waals surface area contributed by atoms with E-state index in [1.165, 1.54) is 0 Å². The fourth-order valence-corrected chi connectivity index (χ4v) is 2.56. The molecule has 0 heterocycles. The molecule has 0 amide bonds. The van der Waals surface area contributed by atoms with Gasteiger partial charge < -0.3 is 20.3 Å². The zero-order valence-electron chi connectivity index (χ0n) is 14.9. The van der Waals surface area contributed by atoms with Crippen molar-refractivity contribution in [3.63, 3.8) is 0 Å². The van der Waals surface area contributed by atoms with Crippen LogP contribution < -0.4 is 15.2 Å². The molecule has 5 heteroatoms. The van der Waals surface area contributed by atoms with Gasteiger partial charge in [0.25, 0.3) is 0 Å². The number of hydrogen-bond donors (Lipinski definition) is 2. The summed E-state index contributed by atoms with van der Waals surface area (Å²) in [5.41, 5.74) is 8.13. The summed E-state index contributed by atoms with van der Waals surface area (Å²) in [5.74, 6) is 1.29. The van der Waals surface area contributed by atoms with Gasteiger partial charge in [0, 0.05) is 0 Å². The molecule has 3 N–H and O–H groups in total. The first-order valence-corrected chi connectivity index (χ1v) is 8.44. The summed E-state index contributed by atoms with van der Waals surface area (Å²) >= 11 is 0. The van der Waals surface area contributed by atoms with Crippen molar-refractivity contribution in [1.29, 1.82) is 0 Å². The van der Waals surface area contributed by atoms with Crippen molar-refractivity contribution in [2.75, 3.05) is 7.11 Å². The van der Waals surface area contributed by atoms with Gasteiger partial charge in [-0.25, -0.2) is 0 Å². The van der Waals surface area contributed by atoms with E-state index in [9.17, 15) is 5.11 Å². The van der Waals surface area contributed by atoms with Crippen molar-refractivity contribution in [3.8, 4) is 11.5 Å². The highest BCUT2D eigenvalue weighted by Crippen LogP contribution is 2.31. The molecule has 25 heavy (non-hydrogen) atoms. The van der Waals surface area contributed by atoms with Gasteiger partial charge in [-0.3, -0.25) is 0 Å². The highest BCUT2D eigenvalue weighted by atomic mass is 35.5. The molecule has 2 aromatic rings. The van der Waals surface area contributed by atoms with Crippen LogP contribution in [-0.2, 0) is 6.61 Å². The molecule has 2 atom stereocenters. The van der Waals surface area contributed by atoms with Crippen molar-refractivity contribution in [2.24, 2.45) is 5.73 Å². The molecule has 0 aliphatic heterocycles. The van der Waals surface area contributed by atoms with Crippen molar-refractivity contribution >= 4 is 12.4 Å². The minimum atomic E-state index is -0.555. The van der Waals surface area contributed by atoms with Crippen LogP contribution in [0.25, 0.3) is 0 Å². The Morgan fingerprint density at radius 2 is 1.80 bits per heavy atom. The predicted octanol–water partition coefficient (Wildman–Crippen LogP) is 4.25. The van der Waals surface area contributed by atoms with Crippen LogP contribution in [0, 0.1) is 0 Å². The summed E-state index contributed by atoms with van der Waals surface area (Å²) in [7, 11) is 1.61. The smallest absolute Gasteiger partial charge is 0.161 e. The Morgan fingerprint density at radius 3 is 2.44 bits per heavy atom. The number of hydrogen-bond acceptors (Lipinski definition) is 4. The van der Waals surface area contributed by atoms with E-state index in [1.54, 1.807) is 7.11 Å². The highest BCUT2D eigenvalue weighted by Gasteiger charge is 2.18. The van der Waals surface area contributed by atoms with Crippen LogP contribution in [0.2, 0.25) is 0 Å². The molecular weight excluding hydrogens is 338 g/mol. The third-order valence-electron chi connectivity index (χ3n) is 4.08. The summed E-state index contributed by atoms with van der Waals surface area (Å²) in [5, 5.41) is 10.2. The minimum Gasteiger partial charge on any atom is -0.493 e. The lowest BCUT2D eigenvalue weighted by Gasteiger charge is -2.20. The fraction of sp³-hybridized carbons (Fsp3) is 0.400. The zero-order chi connectivity index (χ0) is 17.4. The first kappa shape index (κ1) is 21.3. The van der Waals surface area contributed by atoms with E-state index in [0.29, 0.717) is 24.5 Å². The van der Waals surface area contributed by atoms with E-state index in [1.807, 2.05) is 48.5 Å². The molecule has 2 aromatic carbocycles. The summed E-state index contributed by atoms with van der Waals surface area (Å²) in [6.07, 6.45) is 2.14. The first-order chi connectivity index (χ1) is 11.7. The minimum absolute atomic E-state index is 0. The van der Waals surface area contributed by atoms with Crippen LogP contribution in [0.4, 0.5) is 0 Å². The Morgan fingerprint density at radius 1 is 1.08 bits per heavy atom. The third kappa shape index (κ3) is 6.24. The lowest BCUT2D eigenvalue weighted by atomic mass is 9.98. The fourth-order valence-electron chi connectivity index (χ4n) is 2.56. The third-order valence-corrected chi connectivity index (χ3v) is 4.08. The van der Waals surface area contributed by atoms with E-state index in [2.05, 4.69) is 6.92 Å². The van der Waals surface area contributed by atoms with Crippen LogP contribution in [0.5, 0.6) is 11.5 Å². The molecule has 0 bridgehead atoms. The van der Waals surface area contributed by atoms with E-state index >= 15 is 0 Å². The van der Waals surface area contributed by atoms with E-state index in [0.717, 1.165) is 24.0 Å². The van der Waals surface area contributed by atoms with Gasteiger partial charge in [0.2, 0.25) is 0 Å². The summed E-state index contributed by atoms with van der Waals surface area (Å²) in [4.78, 5) is 0. The Balaban J connectivity index is 0.00000312. The number of aliphatic hydroxyl groups excluding tert-OH is 1. The van der Waals surface area contributed by atoms with Gasteiger partial charge >= 0.3 is 0 Å². The number of benzene rings is 2. The molecular formula is C20H28ClNO3. The lowest BCUT2D eigenvalue weighted by molar-refractivity contribution is 0.132. The van der Waals surface area contributed by atoms with Gasteiger partial charge in [0.15, 0.2) is 11.5 Å². The molecule has 0 aliphatic carbocycles. The molecule has 2 rings (SSSR count). The molecule has 0 aromatic heterocycles. The lowest BCUT2D eigenvalue weighted by Crippen LogP contribution is -2.26. The second kappa shape index (κ2) is 11.0. The second-order valence-electron chi connectivity index (χ2n) is 5.92. The first-order valence-electron chi connectivity index (χ1n) is 8.44. The normalized spacial score (nSPS) is 12.8. The predicted molar refractivity (Wildman–Crippen MR) is 103 cm³/mol. The number of halogens is 1. The van der Waals surface area contributed by atoms with E-state index in [4.69, 9.17) is 15.2 Å². The van der Waals surface area contributed by atoms with Crippen LogP contribution >= 0.6 is 12.4 Å². The SMILES string of the molecule is CCCC[C@H](O)[C@H](N)c1ccc(OC)c(OCc2ccccc2)c1.Cl. The largest absolute Gasteiger partial charge is 0.493 e. The van der Waals surface area contributed by atoms with E-state index < -0.39 is 12.1 Å². The number of ether oxygens (including phenoxy) is 2. The standard InChI is InChI=1S/C20H27NO3.ClH/c1-3-4-10-17(22)20(21)16-11-12-18(23-2)19(13-16)24-14-15-8-6-5-7-9-15;/h5-9,11-13,17,20,22H,3-4,10,14,21H2,1-2H3;1H/t17-,20+;/m0./s1. The van der Waals surface area contributed by atoms with Gasteiger partial charge in [-0.15, -0.1) is 12.4 Å². The number of nitrogens with two attached hydrogens (primary N) is 1. The molecule has 0 fully saturated rings. The number of unbranched alkanes of at least 4 members (excludes halogenated alkanes) is 1. The van der Waals surface area contributed by atoms with Gasteiger partial charge in [0.1, 0.15) is 6.61 Å². The molecule has 138 valence electrons. The average molecular weight is 366 g/mol. The van der Waals surface area contributed by atoms with Crippen molar-refractivity contribution < 1.29 is 14.6 Å². The maximum atomic E-state index is 10.2. The summed E-state index contributed by atoms with van der Waals surface area (Å²) in [6.45, 7) is 2.55. The quantitative estimate of drug-likeness (QED) is 0.697. The van der Waals surface area contributed by atoms with Crippen molar-refractivity contribution in [1.82, 2.24) is 0 Å². The van der Waals surface area contributed by atoms with Gasteiger partial charge in [-0.05, 0) is 29.7 Å². The zero-order valence-corrected chi connectivity index (χ0v) is 15.7. The Bertz CT molecular complexity index is 622. The Hall–Kier alpha value is -1.75. The number of aliphatic hydroxyl groups is 1. The molecule has 0 aliphatic rings. The average Bonchev–Trinajstić information content (AvgIpc) is 2.64. The Labute approximate surface area is 156 Å². The van der Waals surface area contributed by atoms with Crippen molar-refractivity contribution in [2.45, 2.75) is 44.9 Å². The molecule has 0 saturated heterocycles. The summed E-state index contributed by atoms with van der Waals surface area (Å²) in [6, 6.07) is 15.1. The maximum Gasteiger partial charge on any atom is 0.161 e. The van der Waals surface area contributed by atoms with Crippen LogP contribution in [0.15, 0.2) is 48.5 Å². The van der Waals surface area contributed by atoms with Crippen LogP contribution in [-0.4, -0.2) is 18.3 Å². The maximum absolute atomic E-state index is 10.2. The monoisotopic (exact) mass is 365 g/mol. The van der Waals surface area contributed by atoms with E-state index in [-0.39, 0.29) is 12.4 Å². The molecule has 0 radical (unpaired) electrons. The summed E-state index contributed by atoms with van der Waals surface area (Å²) < 4.78 is 11.3. The van der Waals surface area contributed by atoms with Crippen LogP contribution in [0.3, 0.4) is 0 Å². The number of methoxy groups -OCH3 is 1. The molecule has 4 nitrogen and oxygen atoms in total. The van der Waals surface area contributed by atoms with Gasteiger partial charge in [0.05, 0.1) is 19.3 Å².